The van der Waals surface area contributed by atoms with E-state index in [1.54, 1.807) is 14.2 Å². The molecule has 0 bridgehead atoms. The Bertz CT molecular complexity index is 442. The summed E-state index contributed by atoms with van der Waals surface area (Å²) in [5, 5.41) is 11.2. The molecular weight excluding hydrogens is 264 g/mol. The summed E-state index contributed by atoms with van der Waals surface area (Å²) in [6.07, 6.45) is 0. The zero-order valence-corrected chi connectivity index (χ0v) is 14.7. The minimum Gasteiger partial charge on any atom is -0.496 e. The lowest BCUT2D eigenvalue weighted by Crippen LogP contribution is -2.37. The summed E-state index contributed by atoms with van der Waals surface area (Å²) in [4.78, 5) is 0. The molecule has 0 amide bonds. The molecule has 0 unspecified atom stereocenters. The molecule has 120 valence electrons. The molecule has 1 aromatic rings. The predicted molar refractivity (Wildman–Crippen MR) is 87.2 cm³/mol. The van der Waals surface area contributed by atoms with Crippen LogP contribution in [-0.4, -0.2) is 19.3 Å². The molecule has 1 rings (SSSR count). The van der Waals surface area contributed by atoms with E-state index in [1.807, 2.05) is 39.8 Å². The van der Waals surface area contributed by atoms with Gasteiger partial charge in [-0.15, -0.1) is 0 Å². The first-order chi connectivity index (χ1) is 9.69. The molecule has 0 aliphatic heterocycles. The number of rotatable bonds is 6. The maximum Gasteiger partial charge on any atom is 0.126 e. The first kappa shape index (κ1) is 17.8. The second kappa shape index (κ2) is 6.69. The van der Waals surface area contributed by atoms with Gasteiger partial charge in [-0.05, 0) is 35.4 Å². The van der Waals surface area contributed by atoms with Gasteiger partial charge in [-0.2, -0.15) is 0 Å². The largest absolute Gasteiger partial charge is 0.496 e. The molecule has 0 spiro atoms. The Morgan fingerprint density at radius 2 is 1.24 bits per heavy atom. The molecule has 3 heteroatoms. The fourth-order valence-corrected chi connectivity index (χ4v) is 3.07. The Morgan fingerprint density at radius 3 is 1.48 bits per heavy atom. The smallest absolute Gasteiger partial charge is 0.126 e. The molecule has 1 N–H and O–H groups in total. The molecular formula is C18H30O3. The summed E-state index contributed by atoms with van der Waals surface area (Å²) in [6.45, 7) is 12.4. The first-order valence-electron chi connectivity index (χ1n) is 7.68. The fourth-order valence-electron chi connectivity index (χ4n) is 3.07. The fraction of sp³-hybridized carbons (Fsp3) is 0.667. The van der Waals surface area contributed by atoms with E-state index in [1.165, 1.54) is 0 Å². The van der Waals surface area contributed by atoms with Crippen molar-refractivity contribution in [3.05, 3.63) is 23.3 Å². The molecule has 0 aliphatic rings. The van der Waals surface area contributed by atoms with Gasteiger partial charge in [0.05, 0.1) is 19.8 Å². The van der Waals surface area contributed by atoms with Gasteiger partial charge in [-0.3, -0.25) is 0 Å². The van der Waals surface area contributed by atoms with E-state index in [0.717, 1.165) is 22.6 Å². The van der Waals surface area contributed by atoms with Crippen LogP contribution in [0.2, 0.25) is 0 Å². The molecule has 0 saturated carbocycles. The number of hydrogen-bond donors (Lipinski definition) is 1. The van der Waals surface area contributed by atoms with E-state index in [9.17, 15) is 5.11 Å². The number of ether oxygens (including phenoxy) is 2. The molecule has 0 fully saturated rings. The average molecular weight is 294 g/mol. The van der Waals surface area contributed by atoms with Crippen LogP contribution in [0.5, 0.6) is 11.5 Å². The Labute approximate surface area is 129 Å². The molecule has 0 atom stereocenters. The van der Waals surface area contributed by atoms with Crippen LogP contribution in [0, 0.1) is 11.8 Å². The molecule has 0 saturated heterocycles. The molecule has 0 aliphatic carbocycles. The summed E-state index contributed by atoms with van der Waals surface area (Å²) < 4.78 is 11.1. The monoisotopic (exact) mass is 294 g/mol. The lowest BCUT2D eigenvalue weighted by atomic mass is 9.74. The van der Waals surface area contributed by atoms with Crippen LogP contribution in [0.25, 0.3) is 0 Å². The number of methoxy groups -OCH3 is 2. The normalized spacial score (nSPS) is 12.4. The third-order valence-electron chi connectivity index (χ3n) is 4.34. The van der Waals surface area contributed by atoms with Gasteiger partial charge in [-0.1, -0.05) is 41.5 Å². The first-order valence-corrected chi connectivity index (χ1v) is 7.68. The van der Waals surface area contributed by atoms with E-state index in [4.69, 9.17) is 9.47 Å². The molecule has 0 radical (unpaired) electrons. The minimum absolute atomic E-state index is 0.0943. The number of aliphatic hydroxyl groups is 1. The summed E-state index contributed by atoms with van der Waals surface area (Å²) in [5.74, 6) is 2.03. The quantitative estimate of drug-likeness (QED) is 0.849. The van der Waals surface area contributed by atoms with E-state index in [0.29, 0.717) is 0 Å². The lowest BCUT2D eigenvalue weighted by molar-refractivity contribution is -0.0534. The summed E-state index contributed by atoms with van der Waals surface area (Å²) in [5.41, 5.74) is 0.986. The highest BCUT2D eigenvalue weighted by Gasteiger charge is 2.38. The number of hydrogen-bond acceptors (Lipinski definition) is 3. The third kappa shape index (κ3) is 3.18. The van der Waals surface area contributed by atoms with Gasteiger partial charge in [0.15, 0.2) is 0 Å². The Morgan fingerprint density at radius 1 is 0.857 bits per heavy atom. The maximum atomic E-state index is 11.2. The van der Waals surface area contributed by atoms with Crippen molar-refractivity contribution in [3.8, 4) is 11.5 Å². The van der Waals surface area contributed by atoms with Crippen LogP contribution < -0.4 is 9.47 Å². The summed E-state index contributed by atoms with van der Waals surface area (Å²) >= 11 is 0. The van der Waals surface area contributed by atoms with Crippen molar-refractivity contribution in [1.82, 2.24) is 0 Å². The van der Waals surface area contributed by atoms with Gasteiger partial charge in [0.25, 0.3) is 0 Å². The van der Waals surface area contributed by atoms with Crippen LogP contribution in [0.3, 0.4) is 0 Å². The molecule has 1 aromatic carbocycles. The van der Waals surface area contributed by atoms with E-state index in [-0.39, 0.29) is 17.8 Å². The Balaban J connectivity index is 3.59. The second-order valence-electron chi connectivity index (χ2n) is 6.58. The third-order valence-corrected chi connectivity index (χ3v) is 4.34. The van der Waals surface area contributed by atoms with E-state index in [2.05, 4.69) is 13.8 Å². The SMILES string of the molecule is COc1cc(C(O)(C(C)C)C(C)C)cc(OC)c1C(C)C. The minimum atomic E-state index is -0.907. The van der Waals surface area contributed by atoms with E-state index >= 15 is 0 Å². The average Bonchev–Trinajstić information content (AvgIpc) is 2.43. The van der Waals surface area contributed by atoms with Crippen LogP contribution in [0.15, 0.2) is 12.1 Å². The number of benzene rings is 1. The lowest BCUT2D eigenvalue weighted by Gasteiger charge is -2.37. The second-order valence-corrected chi connectivity index (χ2v) is 6.58. The van der Waals surface area contributed by atoms with Gasteiger partial charge >= 0.3 is 0 Å². The Hall–Kier alpha value is -1.22. The topological polar surface area (TPSA) is 38.7 Å². The van der Waals surface area contributed by atoms with Crippen molar-refractivity contribution in [1.29, 1.82) is 0 Å². The molecule has 3 nitrogen and oxygen atoms in total. The van der Waals surface area contributed by atoms with Crippen LogP contribution in [0.1, 0.15) is 58.6 Å². The maximum absolute atomic E-state index is 11.2. The van der Waals surface area contributed by atoms with Gasteiger partial charge in [-0.25, -0.2) is 0 Å². The van der Waals surface area contributed by atoms with Crippen molar-refractivity contribution in [2.45, 2.75) is 53.1 Å². The van der Waals surface area contributed by atoms with Gasteiger partial charge < -0.3 is 14.6 Å². The zero-order chi connectivity index (χ0) is 16.4. The standard InChI is InChI=1S/C18H30O3/c1-11(2)17-15(20-7)9-14(10-16(17)21-8)18(19,12(3)4)13(5)6/h9-13,19H,1-8H3. The van der Waals surface area contributed by atoms with Crippen LogP contribution in [0.4, 0.5) is 0 Å². The molecule has 0 heterocycles. The highest BCUT2D eigenvalue weighted by molar-refractivity contribution is 5.51. The van der Waals surface area contributed by atoms with Gasteiger partial charge in [0.1, 0.15) is 11.5 Å². The summed E-state index contributed by atoms with van der Waals surface area (Å²) in [6, 6.07) is 3.91. The van der Waals surface area contributed by atoms with Crippen molar-refractivity contribution in [2.75, 3.05) is 14.2 Å². The van der Waals surface area contributed by atoms with E-state index < -0.39 is 5.60 Å². The van der Waals surface area contributed by atoms with Crippen molar-refractivity contribution in [3.63, 3.8) is 0 Å². The van der Waals surface area contributed by atoms with Gasteiger partial charge in [0.2, 0.25) is 0 Å². The van der Waals surface area contributed by atoms with Crippen LogP contribution >= 0.6 is 0 Å². The molecule has 21 heavy (non-hydrogen) atoms. The Kier molecular flexibility index (Phi) is 5.68. The predicted octanol–water partition coefficient (Wildman–Crippen LogP) is 4.33. The van der Waals surface area contributed by atoms with Gasteiger partial charge in [0, 0.05) is 5.56 Å². The highest BCUT2D eigenvalue weighted by Crippen LogP contribution is 2.43. The van der Waals surface area contributed by atoms with Crippen LogP contribution in [-0.2, 0) is 5.60 Å². The molecule has 0 aromatic heterocycles. The van der Waals surface area contributed by atoms with Crippen molar-refractivity contribution < 1.29 is 14.6 Å². The van der Waals surface area contributed by atoms with Crippen molar-refractivity contribution in [2.24, 2.45) is 11.8 Å². The van der Waals surface area contributed by atoms with Crippen molar-refractivity contribution >= 4 is 0 Å². The highest BCUT2D eigenvalue weighted by atomic mass is 16.5. The zero-order valence-electron chi connectivity index (χ0n) is 14.7. The summed E-state index contributed by atoms with van der Waals surface area (Å²) in [7, 11) is 3.32.